The molecule has 0 radical (unpaired) electrons. The highest BCUT2D eigenvalue weighted by Gasteiger charge is 2.00. The largest absolute Gasteiger partial charge is 0.370 e. The minimum atomic E-state index is -0.0742. The Bertz CT molecular complexity index is 356. The summed E-state index contributed by atoms with van der Waals surface area (Å²) in [5.74, 6) is 0.640. The number of thioether (sulfide) groups is 1. The van der Waals surface area contributed by atoms with Crippen molar-refractivity contribution in [3.05, 3.63) is 20.8 Å². The lowest BCUT2D eigenvalue weighted by molar-refractivity contribution is 1.43. The van der Waals surface area contributed by atoms with E-state index in [1.807, 2.05) is 12.1 Å². The molecule has 5 N–H and O–H groups in total. The van der Waals surface area contributed by atoms with Crippen LogP contribution in [0.4, 0.5) is 0 Å². The number of hydrogen-bond donors (Lipinski definition) is 3. The molecule has 1 aromatic rings. The lowest BCUT2D eigenvalue weighted by Gasteiger charge is -1.96. The van der Waals surface area contributed by atoms with Crippen LogP contribution in [0.1, 0.15) is 4.88 Å². The third-order valence-electron chi connectivity index (χ3n) is 1.21. The predicted molar refractivity (Wildman–Crippen MR) is 66.9 cm³/mol. The van der Waals surface area contributed by atoms with E-state index < -0.39 is 0 Å². The second-order valence-corrected chi connectivity index (χ2v) is 5.85. The summed E-state index contributed by atoms with van der Waals surface area (Å²) >= 11 is 6.30. The molecule has 0 aliphatic heterocycles. The maximum Gasteiger partial charge on any atom is 0.193 e. The fourth-order valence-corrected chi connectivity index (χ4v) is 2.95. The van der Waals surface area contributed by atoms with Crippen molar-refractivity contribution in [2.45, 2.75) is 5.75 Å². The van der Waals surface area contributed by atoms with E-state index in [1.165, 1.54) is 16.6 Å². The molecule has 1 aromatic heterocycles. The number of hydrogen-bond acceptors (Lipinski definition) is 3. The molecule has 0 bridgehead atoms. The van der Waals surface area contributed by atoms with Crippen molar-refractivity contribution in [2.24, 2.45) is 16.5 Å². The van der Waals surface area contributed by atoms with Crippen molar-refractivity contribution in [2.75, 3.05) is 0 Å². The van der Waals surface area contributed by atoms with Gasteiger partial charge in [-0.15, -0.1) is 11.3 Å². The summed E-state index contributed by atoms with van der Waals surface area (Å²) in [7, 11) is 0. The number of nitrogens with zero attached hydrogens (tertiary/aromatic N) is 1. The zero-order valence-corrected chi connectivity index (χ0v) is 10.4. The summed E-state index contributed by atoms with van der Waals surface area (Å²) in [6, 6.07) is 3.98. The number of nitrogens with two attached hydrogens (primary N) is 2. The molecule has 0 aromatic carbocycles. The summed E-state index contributed by atoms with van der Waals surface area (Å²) < 4.78 is 1.08. The summed E-state index contributed by atoms with van der Waals surface area (Å²) in [6.45, 7) is 0. The van der Waals surface area contributed by atoms with Crippen molar-refractivity contribution in [1.82, 2.24) is 0 Å². The minimum Gasteiger partial charge on any atom is -0.370 e. The average molecular weight is 293 g/mol. The zero-order chi connectivity index (χ0) is 10.6. The molecule has 0 saturated carbocycles. The van der Waals surface area contributed by atoms with Gasteiger partial charge >= 0.3 is 0 Å². The first-order chi connectivity index (χ1) is 6.58. The molecular formula is C7H9BrN4S2. The van der Waals surface area contributed by atoms with E-state index in [0.717, 1.165) is 3.79 Å². The summed E-state index contributed by atoms with van der Waals surface area (Å²) in [5.41, 5.74) is 10.3. The molecule has 0 unspecified atom stereocenters. The molecule has 7 heteroatoms. The van der Waals surface area contributed by atoms with E-state index >= 15 is 0 Å². The number of nitrogens with one attached hydrogen (secondary N) is 1. The molecule has 1 rings (SSSR count). The van der Waals surface area contributed by atoms with Gasteiger partial charge in [-0.25, -0.2) is 0 Å². The van der Waals surface area contributed by atoms with Gasteiger partial charge in [-0.3, -0.25) is 5.41 Å². The highest BCUT2D eigenvalue weighted by molar-refractivity contribution is 9.11. The van der Waals surface area contributed by atoms with Gasteiger partial charge in [-0.05, 0) is 28.1 Å². The monoisotopic (exact) mass is 292 g/mol. The highest BCUT2D eigenvalue weighted by Crippen LogP contribution is 2.25. The van der Waals surface area contributed by atoms with Crippen LogP contribution in [-0.4, -0.2) is 11.1 Å². The SMILES string of the molecule is N=C(N=C(N)N)SCc1ccc(Br)s1. The molecule has 0 aliphatic carbocycles. The first-order valence-electron chi connectivity index (χ1n) is 3.63. The Kier molecular flexibility index (Phi) is 4.43. The van der Waals surface area contributed by atoms with Gasteiger partial charge in [-0.1, -0.05) is 11.8 Å². The fourth-order valence-electron chi connectivity index (χ4n) is 0.718. The van der Waals surface area contributed by atoms with Crippen LogP contribution < -0.4 is 11.5 Å². The van der Waals surface area contributed by atoms with Crippen molar-refractivity contribution in [3.8, 4) is 0 Å². The molecule has 0 atom stereocenters. The quantitative estimate of drug-likeness (QED) is 0.575. The Hall–Kier alpha value is -0.530. The Morgan fingerprint density at radius 2 is 2.29 bits per heavy atom. The van der Waals surface area contributed by atoms with Crippen LogP contribution in [0.2, 0.25) is 0 Å². The van der Waals surface area contributed by atoms with E-state index in [0.29, 0.717) is 5.75 Å². The van der Waals surface area contributed by atoms with E-state index in [2.05, 4.69) is 20.9 Å². The van der Waals surface area contributed by atoms with Crippen LogP contribution in [0.25, 0.3) is 0 Å². The molecule has 76 valence electrons. The van der Waals surface area contributed by atoms with Crippen LogP contribution in [-0.2, 0) is 5.75 Å². The third-order valence-corrected chi connectivity index (χ3v) is 3.84. The molecule has 1 heterocycles. The van der Waals surface area contributed by atoms with Crippen molar-refractivity contribution < 1.29 is 0 Å². The second-order valence-electron chi connectivity index (χ2n) is 2.34. The molecule has 0 spiro atoms. The normalized spacial score (nSPS) is 9.79. The number of amidine groups is 1. The zero-order valence-electron chi connectivity index (χ0n) is 7.16. The van der Waals surface area contributed by atoms with Gasteiger partial charge in [0.2, 0.25) is 0 Å². The molecule has 0 saturated heterocycles. The Morgan fingerprint density at radius 3 is 2.79 bits per heavy atom. The van der Waals surface area contributed by atoms with E-state index in [4.69, 9.17) is 16.9 Å². The van der Waals surface area contributed by atoms with E-state index in [-0.39, 0.29) is 11.1 Å². The van der Waals surface area contributed by atoms with Gasteiger partial charge in [0.1, 0.15) is 0 Å². The first-order valence-corrected chi connectivity index (χ1v) is 6.22. The molecule has 4 nitrogen and oxygen atoms in total. The third kappa shape index (κ3) is 4.12. The number of halogens is 1. The van der Waals surface area contributed by atoms with Gasteiger partial charge in [0.15, 0.2) is 11.1 Å². The van der Waals surface area contributed by atoms with Gasteiger partial charge in [0.05, 0.1) is 3.79 Å². The molecule has 0 aliphatic rings. The number of guanidine groups is 1. The standard InChI is InChI=1S/C7H9BrN4S2/c8-5-2-1-4(14-5)3-13-7(11)12-6(9)10/h1-2H,3H2,(H5,9,10,11,12). The smallest absolute Gasteiger partial charge is 0.193 e. The van der Waals surface area contributed by atoms with Gasteiger partial charge < -0.3 is 11.5 Å². The van der Waals surface area contributed by atoms with Crippen molar-refractivity contribution in [3.63, 3.8) is 0 Å². The number of thiophene rings is 1. The number of rotatable bonds is 2. The fraction of sp³-hybridized carbons (Fsp3) is 0.143. The van der Waals surface area contributed by atoms with E-state index in [9.17, 15) is 0 Å². The van der Waals surface area contributed by atoms with Crippen LogP contribution >= 0.6 is 39.0 Å². The lowest BCUT2D eigenvalue weighted by atomic mass is 10.5. The molecular weight excluding hydrogens is 284 g/mol. The van der Waals surface area contributed by atoms with Crippen LogP contribution in [0, 0.1) is 5.41 Å². The summed E-state index contributed by atoms with van der Waals surface area (Å²) in [4.78, 5) is 4.79. The predicted octanol–water partition coefficient (Wildman–Crippen LogP) is 1.95. The lowest BCUT2D eigenvalue weighted by Crippen LogP contribution is -2.23. The maximum atomic E-state index is 7.38. The van der Waals surface area contributed by atoms with Gasteiger partial charge in [0.25, 0.3) is 0 Å². The Labute approximate surface area is 98.4 Å². The summed E-state index contributed by atoms with van der Waals surface area (Å²) in [6.07, 6.45) is 0. The van der Waals surface area contributed by atoms with Crippen molar-refractivity contribution >= 4 is 50.2 Å². The first kappa shape index (κ1) is 11.5. The van der Waals surface area contributed by atoms with Crippen LogP contribution in [0.5, 0.6) is 0 Å². The Morgan fingerprint density at radius 1 is 1.57 bits per heavy atom. The summed E-state index contributed by atoms with van der Waals surface area (Å²) in [5, 5.41) is 7.52. The maximum absolute atomic E-state index is 7.38. The molecule has 14 heavy (non-hydrogen) atoms. The second kappa shape index (κ2) is 5.38. The Balaban J connectivity index is 2.41. The molecule has 0 fully saturated rings. The van der Waals surface area contributed by atoms with Gasteiger partial charge in [-0.2, -0.15) is 4.99 Å². The highest BCUT2D eigenvalue weighted by atomic mass is 79.9. The van der Waals surface area contributed by atoms with Gasteiger partial charge in [0, 0.05) is 10.6 Å². The average Bonchev–Trinajstić information content (AvgIpc) is 2.47. The topological polar surface area (TPSA) is 88.2 Å². The van der Waals surface area contributed by atoms with Crippen LogP contribution in [0.3, 0.4) is 0 Å². The van der Waals surface area contributed by atoms with E-state index in [1.54, 1.807) is 11.3 Å². The van der Waals surface area contributed by atoms with Crippen molar-refractivity contribution in [1.29, 1.82) is 5.41 Å². The number of aliphatic imine (C=N–C) groups is 1. The minimum absolute atomic E-state index is 0.0742. The molecule has 0 amide bonds. The van der Waals surface area contributed by atoms with Crippen LogP contribution in [0.15, 0.2) is 20.9 Å².